The molecule has 3 atom stereocenters. The molecule has 2 heterocycles. The van der Waals surface area contributed by atoms with Gasteiger partial charge in [0.15, 0.2) is 23.0 Å². The highest BCUT2D eigenvalue weighted by molar-refractivity contribution is 5.55. The second kappa shape index (κ2) is 5.07. The summed E-state index contributed by atoms with van der Waals surface area (Å²) in [6, 6.07) is 10.7. The molecule has 2 aromatic carbocycles. The van der Waals surface area contributed by atoms with E-state index in [4.69, 9.17) is 18.9 Å². The zero-order valence-electron chi connectivity index (χ0n) is 13.9. The third-order valence-corrected chi connectivity index (χ3v) is 5.69. The number of rotatable bonds is 1. The molecule has 0 fully saturated rings. The van der Waals surface area contributed by atoms with E-state index in [0.717, 1.165) is 29.4 Å². The molecule has 0 bridgehead atoms. The SMILES string of the molecule is C[C@H]1[C@H](c2ccc3c(c2)OCO3)c2cc3c(cc2C[C@@H]1C)OCO3. The lowest BCUT2D eigenvalue weighted by Gasteiger charge is -2.36. The second-order valence-corrected chi connectivity index (χ2v) is 7.04. The van der Waals surface area contributed by atoms with Gasteiger partial charge in [-0.2, -0.15) is 0 Å². The van der Waals surface area contributed by atoms with E-state index >= 15 is 0 Å². The molecule has 24 heavy (non-hydrogen) atoms. The summed E-state index contributed by atoms with van der Waals surface area (Å²) in [5.41, 5.74) is 4.00. The van der Waals surface area contributed by atoms with E-state index in [1.165, 1.54) is 16.7 Å². The minimum atomic E-state index is 0.310. The van der Waals surface area contributed by atoms with Gasteiger partial charge in [0.05, 0.1) is 0 Å². The van der Waals surface area contributed by atoms with E-state index in [1.807, 2.05) is 6.07 Å². The Morgan fingerprint density at radius 1 is 0.792 bits per heavy atom. The zero-order valence-corrected chi connectivity index (χ0v) is 13.9. The van der Waals surface area contributed by atoms with Gasteiger partial charge in [0.2, 0.25) is 13.6 Å². The summed E-state index contributed by atoms with van der Waals surface area (Å²) in [6.45, 7) is 5.30. The van der Waals surface area contributed by atoms with Gasteiger partial charge in [-0.25, -0.2) is 0 Å². The van der Waals surface area contributed by atoms with Crippen molar-refractivity contribution in [2.75, 3.05) is 13.6 Å². The van der Waals surface area contributed by atoms with E-state index in [0.29, 0.717) is 31.3 Å². The molecule has 0 amide bonds. The van der Waals surface area contributed by atoms with Crippen LogP contribution in [0, 0.1) is 11.8 Å². The second-order valence-electron chi connectivity index (χ2n) is 7.04. The molecule has 0 unspecified atom stereocenters. The fraction of sp³-hybridized carbons (Fsp3) is 0.400. The van der Waals surface area contributed by atoms with E-state index in [1.54, 1.807) is 0 Å². The van der Waals surface area contributed by atoms with Crippen LogP contribution in [0.4, 0.5) is 0 Å². The molecule has 2 aromatic rings. The van der Waals surface area contributed by atoms with Crippen LogP contribution >= 0.6 is 0 Å². The average Bonchev–Trinajstić information content (AvgIpc) is 3.22. The highest BCUT2D eigenvalue weighted by Gasteiger charge is 2.35. The lowest BCUT2D eigenvalue weighted by atomic mass is 9.68. The first kappa shape index (κ1) is 14.0. The van der Waals surface area contributed by atoms with Crippen molar-refractivity contribution in [3.8, 4) is 23.0 Å². The highest BCUT2D eigenvalue weighted by Crippen LogP contribution is 2.49. The van der Waals surface area contributed by atoms with Gasteiger partial charge in [-0.15, -0.1) is 0 Å². The van der Waals surface area contributed by atoms with E-state index in [9.17, 15) is 0 Å². The van der Waals surface area contributed by atoms with Crippen LogP contribution in [0.15, 0.2) is 30.3 Å². The molecular weight excluding hydrogens is 304 g/mol. The van der Waals surface area contributed by atoms with Crippen LogP contribution in [0.3, 0.4) is 0 Å². The topological polar surface area (TPSA) is 36.9 Å². The van der Waals surface area contributed by atoms with Gasteiger partial charge in [-0.1, -0.05) is 19.9 Å². The molecule has 3 aliphatic rings. The zero-order chi connectivity index (χ0) is 16.3. The minimum absolute atomic E-state index is 0.310. The number of hydrogen-bond acceptors (Lipinski definition) is 4. The monoisotopic (exact) mass is 324 g/mol. The summed E-state index contributed by atoms with van der Waals surface area (Å²) < 4.78 is 22.2. The maximum atomic E-state index is 5.62. The maximum Gasteiger partial charge on any atom is 0.231 e. The van der Waals surface area contributed by atoms with Crippen LogP contribution in [0.2, 0.25) is 0 Å². The van der Waals surface area contributed by atoms with Crippen LogP contribution in [0.25, 0.3) is 0 Å². The third-order valence-electron chi connectivity index (χ3n) is 5.69. The smallest absolute Gasteiger partial charge is 0.231 e. The van der Waals surface area contributed by atoms with Crippen LogP contribution < -0.4 is 18.9 Å². The average molecular weight is 324 g/mol. The Kier molecular flexibility index (Phi) is 2.96. The molecule has 0 saturated carbocycles. The number of benzene rings is 2. The number of fused-ring (bicyclic) bond motifs is 3. The molecule has 1 aliphatic carbocycles. The molecule has 5 rings (SSSR count). The molecule has 0 N–H and O–H groups in total. The molecule has 0 aromatic heterocycles. The van der Waals surface area contributed by atoms with Crippen LogP contribution in [-0.4, -0.2) is 13.6 Å². The van der Waals surface area contributed by atoms with Gasteiger partial charge in [0.1, 0.15) is 0 Å². The minimum Gasteiger partial charge on any atom is -0.454 e. The lowest BCUT2D eigenvalue weighted by Crippen LogP contribution is -2.26. The molecule has 4 nitrogen and oxygen atoms in total. The molecule has 0 spiro atoms. The van der Waals surface area contributed by atoms with Gasteiger partial charge in [0, 0.05) is 5.92 Å². The van der Waals surface area contributed by atoms with Crippen molar-refractivity contribution in [2.45, 2.75) is 26.2 Å². The van der Waals surface area contributed by atoms with Crippen molar-refractivity contribution < 1.29 is 18.9 Å². The first-order valence-corrected chi connectivity index (χ1v) is 8.52. The van der Waals surface area contributed by atoms with E-state index < -0.39 is 0 Å². The largest absolute Gasteiger partial charge is 0.454 e. The van der Waals surface area contributed by atoms with Gasteiger partial charge >= 0.3 is 0 Å². The Balaban J connectivity index is 1.65. The number of hydrogen-bond donors (Lipinski definition) is 0. The van der Waals surface area contributed by atoms with Gasteiger partial charge in [-0.05, 0) is 59.2 Å². The quantitative estimate of drug-likeness (QED) is 0.791. The van der Waals surface area contributed by atoms with Gasteiger partial charge in [0.25, 0.3) is 0 Å². The Labute approximate surface area is 141 Å². The Morgan fingerprint density at radius 2 is 1.46 bits per heavy atom. The van der Waals surface area contributed by atoms with Crippen molar-refractivity contribution in [2.24, 2.45) is 11.8 Å². The number of ether oxygens (including phenoxy) is 4. The fourth-order valence-corrected chi connectivity index (χ4v) is 4.20. The predicted molar refractivity (Wildman–Crippen MR) is 89.0 cm³/mol. The maximum absolute atomic E-state index is 5.62. The van der Waals surface area contributed by atoms with Crippen molar-refractivity contribution in [3.05, 3.63) is 47.0 Å². The summed E-state index contributed by atoms with van der Waals surface area (Å²) in [4.78, 5) is 0. The van der Waals surface area contributed by atoms with Crippen molar-refractivity contribution in [3.63, 3.8) is 0 Å². The van der Waals surface area contributed by atoms with Gasteiger partial charge in [-0.3, -0.25) is 0 Å². The summed E-state index contributed by atoms with van der Waals surface area (Å²) in [5.74, 6) is 4.89. The van der Waals surface area contributed by atoms with Crippen molar-refractivity contribution in [1.29, 1.82) is 0 Å². The predicted octanol–water partition coefficient (Wildman–Crippen LogP) is 4.10. The Hall–Kier alpha value is -2.36. The molecule has 0 saturated heterocycles. The molecular formula is C20H20O4. The van der Waals surface area contributed by atoms with E-state index in [-0.39, 0.29) is 0 Å². The molecule has 0 radical (unpaired) electrons. The summed E-state index contributed by atoms with van der Waals surface area (Å²) in [6.07, 6.45) is 1.08. The summed E-state index contributed by atoms with van der Waals surface area (Å²) >= 11 is 0. The summed E-state index contributed by atoms with van der Waals surface area (Å²) in [5, 5.41) is 0. The molecule has 4 heteroatoms. The molecule has 2 aliphatic heterocycles. The van der Waals surface area contributed by atoms with Crippen molar-refractivity contribution >= 4 is 0 Å². The highest BCUT2D eigenvalue weighted by atomic mass is 16.7. The van der Waals surface area contributed by atoms with Crippen LogP contribution in [0.5, 0.6) is 23.0 Å². The standard InChI is InChI=1S/C20H20O4/c1-11-5-14-7-18-19(24-10-23-18)8-15(14)20(12(11)2)13-3-4-16-17(6-13)22-9-21-16/h3-4,6-8,11-12,20H,5,9-10H2,1-2H3/t11-,12+,20+/m0/s1. The summed E-state index contributed by atoms with van der Waals surface area (Å²) in [7, 11) is 0. The van der Waals surface area contributed by atoms with Gasteiger partial charge < -0.3 is 18.9 Å². The fourth-order valence-electron chi connectivity index (χ4n) is 4.20. The first-order valence-electron chi connectivity index (χ1n) is 8.52. The Bertz CT molecular complexity index is 814. The lowest BCUT2D eigenvalue weighted by molar-refractivity contribution is 0.173. The third kappa shape index (κ3) is 1.98. The van der Waals surface area contributed by atoms with Crippen molar-refractivity contribution in [1.82, 2.24) is 0 Å². The molecule has 124 valence electrons. The van der Waals surface area contributed by atoms with Crippen LogP contribution in [-0.2, 0) is 6.42 Å². The first-order chi connectivity index (χ1) is 11.7. The normalized spacial score (nSPS) is 26.3. The van der Waals surface area contributed by atoms with E-state index in [2.05, 4.69) is 38.1 Å². The van der Waals surface area contributed by atoms with Crippen LogP contribution in [0.1, 0.15) is 36.5 Å². The Morgan fingerprint density at radius 3 is 2.25 bits per heavy atom.